The van der Waals surface area contributed by atoms with Gasteiger partial charge < -0.3 is 9.80 Å². The number of nitrogens with zero attached hydrogens (tertiary/aromatic N) is 3. The maximum atomic E-state index is 13.1. The Morgan fingerprint density at radius 1 is 1.37 bits per heavy atom. The lowest BCUT2D eigenvalue weighted by Gasteiger charge is -2.35. The molecule has 0 aliphatic carbocycles. The Morgan fingerprint density at radius 3 is 2.63 bits per heavy atom. The molecule has 0 atom stereocenters. The number of hydrogen-bond acceptors (Lipinski definition) is 3. The number of benzene rings is 1. The lowest BCUT2D eigenvalue weighted by atomic mass is 9.95. The van der Waals surface area contributed by atoms with Gasteiger partial charge in [0.15, 0.2) is 0 Å². The second kappa shape index (κ2) is 6.03. The second-order valence-electron chi connectivity index (χ2n) is 5.47. The zero-order chi connectivity index (χ0) is 13.8. The predicted octanol–water partition coefficient (Wildman–Crippen LogP) is 2.48. The lowest BCUT2D eigenvalue weighted by molar-refractivity contribution is 0.285. The summed E-state index contributed by atoms with van der Waals surface area (Å²) >= 11 is 0. The molecule has 0 amide bonds. The molecule has 0 saturated carbocycles. The molecular formula is C15H20FN3. The van der Waals surface area contributed by atoms with E-state index in [2.05, 4.69) is 30.0 Å². The van der Waals surface area contributed by atoms with Crippen LogP contribution in [0.15, 0.2) is 18.2 Å². The summed E-state index contributed by atoms with van der Waals surface area (Å²) in [5.41, 5.74) is 1.30. The maximum Gasteiger partial charge on any atom is 0.124 e. The molecule has 19 heavy (non-hydrogen) atoms. The summed E-state index contributed by atoms with van der Waals surface area (Å²) in [6, 6.07) is 6.56. The first kappa shape index (κ1) is 13.8. The molecule has 1 aromatic rings. The van der Waals surface area contributed by atoms with E-state index in [1.54, 1.807) is 6.07 Å². The Morgan fingerprint density at radius 2 is 2.05 bits per heavy atom. The van der Waals surface area contributed by atoms with E-state index in [9.17, 15) is 4.39 Å². The van der Waals surface area contributed by atoms with Crippen LogP contribution in [0.5, 0.6) is 0 Å². The van der Waals surface area contributed by atoms with Crippen molar-refractivity contribution in [3.05, 3.63) is 29.6 Å². The molecule has 1 saturated heterocycles. The zero-order valence-electron chi connectivity index (χ0n) is 11.6. The molecule has 0 spiro atoms. The SMILES string of the molecule is CN(C)CC1CCN(c2ccc(F)cc2C#N)CC1. The smallest absolute Gasteiger partial charge is 0.124 e. The van der Waals surface area contributed by atoms with Gasteiger partial charge in [-0.1, -0.05) is 0 Å². The van der Waals surface area contributed by atoms with Crippen molar-refractivity contribution in [3.63, 3.8) is 0 Å². The van der Waals surface area contributed by atoms with Crippen LogP contribution >= 0.6 is 0 Å². The van der Waals surface area contributed by atoms with E-state index in [0.717, 1.165) is 44.1 Å². The maximum absolute atomic E-state index is 13.1. The molecule has 102 valence electrons. The van der Waals surface area contributed by atoms with Gasteiger partial charge in [0, 0.05) is 19.6 Å². The van der Waals surface area contributed by atoms with Crippen molar-refractivity contribution >= 4 is 5.69 Å². The van der Waals surface area contributed by atoms with Crippen LogP contribution in [-0.2, 0) is 0 Å². The van der Waals surface area contributed by atoms with Gasteiger partial charge in [-0.15, -0.1) is 0 Å². The highest BCUT2D eigenvalue weighted by molar-refractivity contribution is 5.59. The topological polar surface area (TPSA) is 30.3 Å². The van der Waals surface area contributed by atoms with Gasteiger partial charge in [0.05, 0.1) is 11.3 Å². The van der Waals surface area contributed by atoms with Crippen LogP contribution < -0.4 is 4.90 Å². The lowest BCUT2D eigenvalue weighted by Crippen LogP contribution is -2.37. The molecule has 0 aromatic heterocycles. The highest BCUT2D eigenvalue weighted by atomic mass is 19.1. The van der Waals surface area contributed by atoms with Crippen LogP contribution in [0.4, 0.5) is 10.1 Å². The Bertz CT molecular complexity index is 471. The van der Waals surface area contributed by atoms with Crippen LogP contribution in [0, 0.1) is 23.1 Å². The quantitative estimate of drug-likeness (QED) is 0.837. The summed E-state index contributed by atoms with van der Waals surface area (Å²) in [6.07, 6.45) is 2.25. The molecule has 1 aromatic carbocycles. The fraction of sp³-hybridized carbons (Fsp3) is 0.533. The highest BCUT2D eigenvalue weighted by Crippen LogP contribution is 2.26. The van der Waals surface area contributed by atoms with Gasteiger partial charge >= 0.3 is 0 Å². The van der Waals surface area contributed by atoms with Gasteiger partial charge in [-0.3, -0.25) is 0 Å². The van der Waals surface area contributed by atoms with E-state index in [-0.39, 0.29) is 5.82 Å². The molecular weight excluding hydrogens is 241 g/mol. The Hall–Kier alpha value is -1.60. The largest absolute Gasteiger partial charge is 0.370 e. The molecule has 1 heterocycles. The van der Waals surface area contributed by atoms with E-state index in [1.165, 1.54) is 12.1 Å². The molecule has 0 unspecified atom stereocenters. The number of hydrogen-bond donors (Lipinski definition) is 0. The van der Waals surface area contributed by atoms with Gasteiger partial charge in [-0.25, -0.2) is 4.39 Å². The predicted molar refractivity (Wildman–Crippen MR) is 74.6 cm³/mol. The minimum atomic E-state index is -0.345. The summed E-state index contributed by atoms with van der Waals surface area (Å²) in [7, 11) is 4.19. The van der Waals surface area contributed by atoms with Crippen molar-refractivity contribution in [2.75, 3.05) is 38.6 Å². The molecule has 1 fully saturated rings. The van der Waals surface area contributed by atoms with E-state index >= 15 is 0 Å². The van der Waals surface area contributed by atoms with Crippen LogP contribution in [0.1, 0.15) is 18.4 Å². The molecule has 0 N–H and O–H groups in total. The molecule has 4 heteroatoms. The van der Waals surface area contributed by atoms with Gasteiger partial charge in [0.25, 0.3) is 0 Å². The molecule has 0 radical (unpaired) electrons. The molecule has 3 nitrogen and oxygen atoms in total. The number of piperidine rings is 1. The first-order valence-corrected chi connectivity index (χ1v) is 6.69. The van der Waals surface area contributed by atoms with Gasteiger partial charge in [0.1, 0.15) is 11.9 Å². The van der Waals surface area contributed by atoms with Gasteiger partial charge in [-0.05, 0) is 51.1 Å². The number of anilines is 1. The third kappa shape index (κ3) is 3.45. The fourth-order valence-corrected chi connectivity index (χ4v) is 2.75. The average Bonchev–Trinajstić information content (AvgIpc) is 2.39. The Kier molecular flexibility index (Phi) is 4.39. The summed E-state index contributed by atoms with van der Waals surface area (Å²) in [5, 5.41) is 9.09. The summed E-state index contributed by atoms with van der Waals surface area (Å²) in [6.45, 7) is 3.00. The van der Waals surface area contributed by atoms with Crippen LogP contribution in [0.2, 0.25) is 0 Å². The van der Waals surface area contributed by atoms with Crippen LogP contribution in [0.3, 0.4) is 0 Å². The first-order valence-electron chi connectivity index (χ1n) is 6.69. The summed E-state index contributed by atoms with van der Waals surface area (Å²) in [5.74, 6) is 0.375. The van der Waals surface area contributed by atoms with Crippen molar-refractivity contribution in [1.82, 2.24) is 4.90 Å². The second-order valence-corrected chi connectivity index (χ2v) is 5.47. The van der Waals surface area contributed by atoms with Gasteiger partial charge in [0.2, 0.25) is 0 Å². The van der Waals surface area contributed by atoms with Crippen LogP contribution in [0.25, 0.3) is 0 Å². The van der Waals surface area contributed by atoms with E-state index in [4.69, 9.17) is 5.26 Å². The van der Waals surface area contributed by atoms with Crippen molar-refractivity contribution in [2.24, 2.45) is 5.92 Å². The first-order chi connectivity index (χ1) is 9.10. The fourth-order valence-electron chi connectivity index (χ4n) is 2.75. The zero-order valence-corrected chi connectivity index (χ0v) is 11.6. The van der Waals surface area contributed by atoms with Crippen LogP contribution in [-0.4, -0.2) is 38.6 Å². The Balaban J connectivity index is 2.04. The molecule has 1 aliphatic rings. The normalized spacial score (nSPS) is 16.7. The van der Waals surface area contributed by atoms with Crippen molar-refractivity contribution in [2.45, 2.75) is 12.8 Å². The average molecular weight is 261 g/mol. The number of nitriles is 1. The van der Waals surface area contributed by atoms with E-state index < -0.39 is 0 Å². The Labute approximate surface area is 114 Å². The van der Waals surface area contributed by atoms with E-state index in [0.29, 0.717) is 5.56 Å². The summed E-state index contributed by atoms with van der Waals surface area (Å²) in [4.78, 5) is 4.42. The van der Waals surface area contributed by atoms with Crippen molar-refractivity contribution in [3.8, 4) is 6.07 Å². The van der Waals surface area contributed by atoms with E-state index in [1.807, 2.05) is 0 Å². The molecule has 2 rings (SSSR count). The van der Waals surface area contributed by atoms with Gasteiger partial charge in [-0.2, -0.15) is 5.26 Å². The third-order valence-corrected chi connectivity index (χ3v) is 3.66. The summed E-state index contributed by atoms with van der Waals surface area (Å²) < 4.78 is 13.1. The van der Waals surface area contributed by atoms with Crippen molar-refractivity contribution < 1.29 is 4.39 Å². The molecule has 0 bridgehead atoms. The number of rotatable bonds is 3. The van der Waals surface area contributed by atoms with Crippen molar-refractivity contribution in [1.29, 1.82) is 5.26 Å². The third-order valence-electron chi connectivity index (χ3n) is 3.66. The minimum absolute atomic E-state index is 0.345. The monoisotopic (exact) mass is 261 g/mol. The molecule has 1 aliphatic heterocycles. The minimum Gasteiger partial charge on any atom is -0.370 e. The standard InChI is InChI=1S/C15H20FN3/c1-18(2)11-12-5-7-19(8-6-12)15-4-3-14(16)9-13(15)10-17/h3-4,9,12H,5-8,11H2,1-2H3. The number of halogens is 1. The highest BCUT2D eigenvalue weighted by Gasteiger charge is 2.21.